The van der Waals surface area contributed by atoms with Crippen molar-refractivity contribution < 1.29 is 10.4 Å². The van der Waals surface area contributed by atoms with E-state index in [0.717, 1.165) is 32.0 Å². The van der Waals surface area contributed by atoms with E-state index in [9.17, 15) is 0 Å². The number of aromatic amines is 1. The maximum absolute atomic E-state index is 7.61. The minimum atomic E-state index is 0.167. The highest BCUT2D eigenvalue weighted by molar-refractivity contribution is 5.81. The van der Waals surface area contributed by atoms with E-state index in [1.807, 2.05) is 13.8 Å². The predicted octanol–water partition coefficient (Wildman–Crippen LogP) is -0.686. The summed E-state index contributed by atoms with van der Waals surface area (Å²) in [5.74, 6) is 3.46. The molecule has 2 aliphatic heterocycles. The molecule has 0 radical (unpaired) electrons. The number of hydrogen-bond acceptors (Lipinski definition) is 12. The molecule has 3 heterocycles. The number of aromatic nitrogens is 4. The molecular formula is C17H40N14O2. The zero-order valence-corrected chi connectivity index (χ0v) is 20.5. The molecule has 0 saturated carbocycles. The largest absolute Gasteiger partial charge is 0.409 e. The van der Waals surface area contributed by atoms with E-state index in [2.05, 4.69) is 58.2 Å². The summed E-state index contributed by atoms with van der Waals surface area (Å²) in [6, 6.07) is 0. The SMILES string of the molecule is C/C(N)=N/O.C/C(N)=N/O.CC(=N)N.CC1=NCCN1.CC1=NCCN1C.Cc1nn[nH]n1. The van der Waals surface area contributed by atoms with Crippen LogP contribution in [-0.2, 0) is 0 Å². The molecule has 190 valence electrons. The van der Waals surface area contributed by atoms with Gasteiger partial charge in [0.2, 0.25) is 0 Å². The van der Waals surface area contributed by atoms with Gasteiger partial charge in [0.15, 0.2) is 5.82 Å². The molecule has 0 aromatic carbocycles. The van der Waals surface area contributed by atoms with Crippen LogP contribution in [0.1, 0.15) is 40.4 Å². The fraction of sp³-hybridized carbons (Fsp3) is 0.647. The zero-order valence-electron chi connectivity index (χ0n) is 20.5. The molecule has 16 heteroatoms. The standard InChI is InChI=1S/C5H10N2.C4H8N2.C2H4N4.2C2H6N2O.C2H6N2/c1-5-6-3-4-7(5)2;1-4-5-2-3-6-4;1-2-3-5-6-4-2;2*1-2(3)4-5;1-2(3)4/h3-4H2,1-2H3;2-3H2,1H3,(H,5,6);1H3,(H,3,4,5,6);2*5H,1H3,(H2,3,4);1H3,(H3,3,4). The quantitative estimate of drug-likeness (QED) is 0.102. The molecular weight excluding hydrogens is 432 g/mol. The van der Waals surface area contributed by atoms with Crippen molar-refractivity contribution in [1.29, 1.82) is 5.41 Å². The molecule has 0 bridgehead atoms. The van der Waals surface area contributed by atoms with Crippen molar-refractivity contribution >= 4 is 29.2 Å². The highest BCUT2D eigenvalue weighted by atomic mass is 16.4. The molecule has 11 N–H and O–H groups in total. The van der Waals surface area contributed by atoms with E-state index in [-0.39, 0.29) is 17.5 Å². The third kappa shape index (κ3) is 32.9. The number of rotatable bonds is 0. The first-order valence-electron chi connectivity index (χ1n) is 9.73. The lowest BCUT2D eigenvalue weighted by Crippen LogP contribution is -2.19. The Morgan fingerprint density at radius 2 is 1.48 bits per heavy atom. The van der Waals surface area contributed by atoms with Crippen LogP contribution in [0.25, 0.3) is 0 Å². The van der Waals surface area contributed by atoms with Crippen molar-refractivity contribution in [3.8, 4) is 0 Å². The van der Waals surface area contributed by atoms with E-state index in [4.69, 9.17) is 33.0 Å². The van der Waals surface area contributed by atoms with Crippen LogP contribution in [0.5, 0.6) is 0 Å². The summed E-state index contributed by atoms with van der Waals surface area (Å²) in [5, 5.41) is 42.5. The molecule has 0 aliphatic carbocycles. The van der Waals surface area contributed by atoms with Gasteiger partial charge in [0.1, 0.15) is 11.7 Å². The summed E-state index contributed by atoms with van der Waals surface area (Å²) in [6.07, 6.45) is 0. The highest BCUT2D eigenvalue weighted by Crippen LogP contribution is 1.94. The Morgan fingerprint density at radius 1 is 1.00 bits per heavy atom. The van der Waals surface area contributed by atoms with Gasteiger partial charge in [-0.3, -0.25) is 15.4 Å². The Hall–Kier alpha value is -3.98. The first-order valence-corrected chi connectivity index (χ1v) is 9.73. The number of aryl methyl sites for hydroxylation is 1. The third-order valence-corrected chi connectivity index (χ3v) is 2.94. The number of amidine groups is 5. The topological polar surface area (TPSA) is 262 Å². The second-order valence-corrected chi connectivity index (χ2v) is 6.37. The van der Waals surface area contributed by atoms with Gasteiger partial charge < -0.3 is 37.8 Å². The number of hydrogen-bond donors (Lipinski definition) is 8. The molecule has 3 rings (SSSR count). The van der Waals surface area contributed by atoms with Crippen molar-refractivity contribution in [3.63, 3.8) is 0 Å². The van der Waals surface area contributed by atoms with Crippen molar-refractivity contribution in [2.24, 2.45) is 37.5 Å². The van der Waals surface area contributed by atoms with Gasteiger partial charge in [0.25, 0.3) is 0 Å². The first-order chi connectivity index (χ1) is 15.4. The average Bonchev–Trinajstić information content (AvgIpc) is 3.49. The summed E-state index contributed by atoms with van der Waals surface area (Å²) in [6.45, 7) is 14.4. The van der Waals surface area contributed by atoms with Crippen LogP contribution in [0.15, 0.2) is 20.3 Å². The second-order valence-electron chi connectivity index (χ2n) is 6.37. The van der Waals surface area contributed by atoms with E-state index in [1.54, 1.807) is 6.92 Å². The Labute approximate surface area is 194 Å². The van der Waals surface area contributed by atoms with E-state index in [0.29, 0.717) is 5.82 Å². The Balaban J connectivity index is -0.000000331. The van der Waals surface area contributed by atoms with Gasteiger partial charge in [0.05, 0.1) is 30.6 Å². The number of nitrogens with one attached hydrogen (secondary N) is 3. The fourth-order valence-corrected chi connectivity index (χ4v) is 1.37. The highest BCUT2D eigenvalue weighted by Gasteiger charge is 2.04. The summed E-state index contributed by atoms with van der Waals surface area (Å²) >= 11 is 0. The molecule has 0 saturated heterocycles. The summed E-state index contributed by atoms with van der Waals surface area (Å²) < 4.78 is 0. The van der Waals surface area contributed by atoms with Crippen molar-refractivity contribution in [1.82, 2.24) is 30.8 Å². The second kappa shape index (κ2) is 22.7. The van der Waals surface area contributed by atoms with Crippen LogP contribution in [0, 0.1) is 12.3 Å². The lowest BCUT2D eigenvalue weighted by atomic mass is 10.6. The Morgan fingerprint density at radius 3 is 1.58 bits per heavy atom. The van der Waals surface area contributed by atoms with Gasteiger partial charge in [-0.05, 0) is 41.5 Å². The number of likely N-dealkylation sites (N-methyl/N-ethyl adjacent to an activating group) is 1. The van der Waals surface area contributed by atoms with Gasteiger partial charge in [-0.15, -0.1) is 10.2 Å². The number of aliphatic imine (C=N–C) groups is 2. The van der Waals surface area contributed by atoms with E-state index in [1.165, 1.54) is 26.6 Å². The number of oxime groups is 2. The third-order valence-electron chi connectivity index (χ3n) is 2.94. The van der Waals surface area contributed by atoms with Crippen molar-refractivity contribution in [3.05, 3.63) is 5.82 Å². The molecule has 2 aliphatic rings. The lowest BCUT2D eigenvalue weighted by Gasteiger charge is -2.07. The molecule has 0 atom stereocenters. The normalized spacial score (nSPS) is 13.8. The van der Waals surface area contributed by atoms with E-state index < -0.39 is 0 Å². The average molecular weight is 473 g/mol. The fourth-order valence-electron chi connectivity index (χ4n) is 1.37. The van der Waals surface area contributed by atoms with Gasteiger partial charge in [-0.2, -0.15) is 5.21 Å². The molecule has 0 unspecified atom stereocenters. The smallest absolute Gasteiger partial charge is 0.171 e. The van der Waals surface area contributed by atoms with Crippen LogP contribution in [0.3, 0.4) is 0 Å². The van der Waals surface area contributed by atoms with Crippen molar-refractivity contribution in [2.45, 2.75) is 41.5 Å². The van der Waals surface area contributed by atoms with Crippen LogP contribution in [0.2, 0.25) is 0 Å². The summed E-state index contributed by atoms with van der Waals surface area (Å²) in [4.78, 5) is 10.4. The number of nitrogens with zero attached hydrogens (tertiary/aromatic N) is 8. The summed E-state index contributed by atoms with van der Waals surface area (Å²) in [5.41, 5.74) is 14.3. The predicted molar refractivity (Wildman–Crippen MR) is 131 cm³/mol. The minimum absolute atomic E-state index is 0.167. The van der Waals surface area contributed by atoms with Gasteiger partial charge in [0, 0.05) is 20.1 Å². The van der Waals surface area contributed by atoms with Crippen molar-refractivity contribution in [2.75, 3.05) is 33.2 Å². The number of tetrazole rings is 1. The Kier molecular flexibility index (Phi) is 23.1. The Bertz CT molecular complexity index is 700. The maximum Gasteiger partial charge on any atom is 0.171 e. The molecule has 16 nitrogen and oxygen atoms in total. The van der Waals surface area contributed by atoms with Crippen LogP contribution >= 0.6 is 0 Å². The van der Waals surface area contributed by atoms with Gasteiger partial charge in [-0.25, -0.2) is 0 Å². The maximum atomic E-state index is 7.61. The van der Waals surface area contributed by atoms with Crippen LogP contribution in [-0.4, -0.2) is 98.3 Å². The monoisotopic (exact) mass is 472 g/mol. The van der Waals surface area contributed by atoms with E-state index >= 15 is 0 Å². The summed E-state index contributed by atoms with van der Waals surface area (Å²) in [7, 11) is 2.06. The lowest BCUT2D eigenvalue weighted by molar-refractivity contribution is 0.318. The van der Waals surface area contributed by atoms with Gasteiger partial charge in [-0.1, -0.05) is 15.5 Å². The minimum Gasteiger partial charge on any atom is -0.409 e. The molecule has 1 aromatic heterocycles. The molecule has 33 heavy (non-hydrogen) atoms. The van der Waals surface area contributed by atoms with Crippen LogP contribution in [0.4, 0.5) is 0 Å². The molecule has 0 amide bonds. The molecule has 0 fully saturated rings. The zero-order chi connectivity index (χ0) is 26.2. The first kappa shape index (κ1) is 33.7. The number of nitrogens with two attached hydrogens (primary N) is 3. The molecule has 1 aromatic rings. The molecule has 0 spiro atoms. The van der Waals surface area contributed by atoms with Crippen LogP contribution < -0.4 is 22.5 Å². The number of H-pyrrole nitrogens is 1. The van der Waals surface area contributed by atoms with Gasteiger partial charge >= 0.3 is 0 Å².